The van der Waals surface area contributed by atoms with Crippen LogP contribution in [0.25, 0.3) is 0 Å². The summed E-state index contributed by atoms with van der Waals surface area (Å²) in [6, 6.07) is 17.4. The first-order valence-corrected chi connectivity index (χ1v) is 12.4. The molecule has 7 nitrogen and oxygen atoms in total. The van der Waals surface area contributed by atoms with E-state index in [1.165, 1.54) is 0 Å². The van der Waals surface area contributed by atoms with Gasteiger partial charge >= 0.3 is 6.09 Å². The summed E-state index contributed by atoms with van der Waals surface area (Å²) in [6.07, 6.45) is 1.63. The first-order chi connectivity index (χ1) is 16.1. The number of nitrogens with zero attached hydrogens (tertiary/aromatic N) is 5. The predicted molar refractivity (Wildman–Crippen MR) is 134 cm³/mol. The van der Waals surface area contributed by atoms with Crippen molar-refractivity contribution < 1.29 is 9.53 Å². The third kappa shape index (κ3) is 6.69. The molecule has 1 aromatic heterocycles. The molecule has 0 aliphatic carbocycles. The Hall–Kier alpha value is -2.62. The molecule has 0 radical (unpaired) electrons. The van der Waals surface area contributed by atoms with E-state index >= 15 is 0 Å². The fourth-order valence-corrected chi connectivity index (χ4v) is 4.72. The Labute approximate surface area is 207 Å². The van der Waals surface area contributed by atoms with Crippen molar-refractivity contribution in [3.05, 3.63) is 82.6 Å². The molecule has 0 atom stereocenters. The normalized spacial score (nSPS) is 13.7. The van der Waals surface area contributed by atoms with Gasteiger partial charge in [-0.3, -0.25) is 0 Å². The second-order valence-corrected chi connectivity index (χ2v) is 9.58. The van der Waals surface area contributed by atoms with Crippen molar-refractivity contribution >= 4 is 46.0 Å². The second-order valence-electron chi connectivity index (χ2n) is 7.57. The van der Waals surface area contributed by atoms with Crippen molar-refractivity contribution in [3.63, 3.8) is 0 Å². The number of carbonyl (C=O) groups is 1. The molecule has 172 valence electrons. The molecule has 3 aromatic rings. The van der Waals surface area contributed by atoms with Gasteiger partial charge in [0.1, 0.15) is 10.9 Å². The summed E-state index contributed by atoms with van der Waals surface area (Å²) in [5, 5.41) is 9.15. The minimum atomic E-state index is -0.285. The van der Waals surface area contributed by atoms with Gasteiger partial charge in [-0.2, -0.15) is 0 Å². The Morgan fingerprint density at radius 1 is 1.03 bits per heavy atom. The van der Waals surface area contributed by atoms with Crippen LogP contribution < -0.4 is 0 Å². The topological polar surface area (TPSA) is 63.5 Å². The standard InChI is InChI=1S/C23H24ClN5O2S2/c24-21-9-5-4-8-19(21)14-29-15-20(25-26-29)17-33-23(32)28-12-10-27(11-13-28)22(30)31-16-18-6-2-1-3-7-18/h1-9,15H,10-14,16-17H2. The number of benzene rings is 2. The van der Waals surface area contributed by atoms with Crippen LogP contribution in [0.15, 0.2) is 60.8 Å². The minimum Gasteiger partial charge on any atom is -0.445 e. The van der Waals surface area contributed by atoms with Crippen LogP contribution in [0.1, 0.15) is 16.8 Å². The van der Waals surface area contributed by atoms with Crippen LogP contribution >= 0.6 is 35.6 Å². The van der Waals surface area contributed by atoms with Crippen LogP contribution in [0.2, 0.25) is 5.02 Å². The molecule has 1 amide bonds. The molecule has 1 aliphatic rings. The summed E-state index contributed by atoms with van der Waals surface area (Å²) in [5.74, 6) is 0.640. The number of thiocarbonyl (C=S) groups is 1. The highest BCUT2D eigenvalue weighted by atomic mass is 35.5. The van der Waals surface area contributed by atoms with Gasteiger partial charge in [0.05, 0.1) is 12.2 Å². The number of carbonyl (C=O) groups excluding carboxylic acids is 1. The highest BCUT2D eigenvalue weighted by Crippen LogP contribution is 2.19. The second kappa shape index (κ2) is 11.5. The lowest BCUT2D eigenvalue weighted by molar-refractivity contribution is 0.0832. The number of thioether (sulfide) groups is 1. The van der Waals surface area contributed by atoms with E-state index in [2.05, 4.69) is 15.2 Å². The van der Waals surface area contributed by atoms with Gasteiger partial charge in [0, 0.05) is 43.2 Å². The predicted octanol–water partition coefficient (Wildman–Crippen LogP) is 4.45. The fourth-order valence-electron chi connectivity index (χ4n) is 3.39. The molecule has 0 saturated carbocycles. The van der Waals surface area contributed by atoms with Gasteiger partial charge in [0.25, 0.3) is 0 Å². The van der Waals surface area contributed by atoms with Gasteiger partial charge in [0.2, 0.25) is 0 Å². The summed E-state index contributed by atoms with van der Waals surface area (Å²) in [5.41, 5.74) is 2.84. The number of hydrogen-bond donors (Lipinski definition) is 0. The molecule has 0 N–H and O–H groups in total. The Bertz CT molecular complexity index is 1090. The number of rotatable bonds is 6. The Morgan fingerprint density at radius 2 is 1.73 bits per heavy atom. The average molecular weight is 502 g/mol. The molecule has 1 saturated heterocycles. The quantitative estimate of drug-likeness (QED) is 0.462. The summed E-state index contributed by atoms with van der Waals surface area (Å²) >= 11 is 13.4. The molecule has 33 heavy (non-hydrogen) atoms. The van der Waals surface area contributed by atoms with E-state index in [1.54, 1.807) is 21.3 Å². The first kappa shape index (κ1) is 23.5. The van der Waals surface area contributed by atoms with Gasteiger partial charge < -0.3 is 14.5 Å². The van der Waals surface area contributed by atoms with Gasteiger partial charge in [-0.05, 0) is 17.2 Å². The van der Waals surface area contributed by atoms with E-state index < -0.39 is 0 Å². The molecule has 10 heteroatoms. The third-order valence-corrected chi connectivity index (χ3v) is 7.15. The van der Waals surface area contributed by atoms with Crippen molar-refractivity contribution in [1.29, 1.82) is 0 Å². The molecular formula is C23H24ClN5O2S2. The molecule has 2 aromatic carbocycles. The number of amides is 1. The monoisotopic (exact) mass is 501 g/mol. The zero-order chi connectivity index (χ0) is 23.0. The van der Waals surface area contributed by atoms with Crippen LogP contribution in [0.3, 0.4) is 0 Å². The lowest BCUT2D eigenvalue weighted by Crippen LogP contribution is -2.49. The maximum Gasteiger partial charge on any atom is 0.410 e. The van der Waals surface area contributed by atoms with E-state index in [9.17, 15) is 4.79 Å². The summed E-state index contributed by atoms with van der Waals surface area (Å²) in [7, 11) is 0. The van der Waals surface area contributed by atoms with Crippen molar-refractivity contribution in [3.8, 4) is 0 Å². The first-order valence-electron chi connectivity index (χ1n) is 10.6. The number of aromatic nitrogens is 3. The van der Waals surface area contributed by atoms with Gasteiger partial charge in [-0.25, -0.2) is 9.48 Å². The smallest absolute Gasteiger partial charge is 0.410 e. The number of piperazine rings is 1. The molecule has 2 heterocycles. The van der Waals surface area contributed by atoms with E-state index in [0.29, 0.717) is 43.5 Å². The van der Waals surface area contributed by atoms with E-state index in [1.807, 2.05) is 60.8 Å². The number of halogens is 1. The number of hydrogen-bond acceptors (Lipinski definition) is 6. The molecule has 0 spiro atoms. The van der Waals surface area contributed by atoms with Crippen LogP contribution in [-0.2, 0) is 23.6 Å². The zero-order valence-corrected chi connectivity index (χ0v) is 20.4. The van der Waals surface area contributed by atoms with Gasteiger partial charge in [0.15, 0.2) is 0 Å². The van der Waals surface area contributed by atoms with E-state index in [4.69, 9.17) is 28.6 Å². The molecule has 1 fully saturated rings. The molecular weight excluding hydrogens is 478 g/mol. The SMILES string of the molecule is O=C(OCc1ccccc1)N1CCN(C(=S)SCc2cn(Cc3ccccc3Cl)nn2)CC1. The third-order valence-electron chi connectivity index (χ3n) is 5.22. The maximum atomic E-state index is 12.3. The van der Waals surface area contributed by atoms with E-state index in [-0.39, 0.29) is 12.7 Å². The summed E-state index contributed by atoms with van der Waals surface area (Å²) in [6.45, 7) is 3.40. The summed E-state index contributed by atoms with van der Waals surface area (Å²) in [4.78, 5) is 16.2. The molecule has 4 rings (SSSR count). The van der Waals surface area contributed by atoms with Crippen molar-refractivity contribution in [2.45, 2.75) is 18.9 Å². The lowest BCUT2D eigenvalue weighted by Gasteiger charge is -2.35. The van der Waals surface area contributed by atoms with E-state index in [0.717, 1.165) is 21.1 Å². The Balaban J connectivity index is 1.18. The largest absolute Gasteiger partial charge is 0.445 e. The van der Waals surface area contributed by atoms with Crippen molar-refractivity contribution in [2.75, 3.05) is 26.2 Å². The Kier molecular flexibility index (Phi) is 8.20. The van der Waals surface area contributed by atoms with Crippen LogP contribution in [0.5, 0.6) is 0 Å². The fraction of sp³-hybridized carbons (Fsp3) is 0.304. The zero-order valence-electron chi connectivity index (χ0n) is 18.0. The van der Waals surface area contributed by atoms with Crippen LogP contribution in [0.4, 0.5) is 4.79 Å². The highest BCUT2D eigenvalue weighted by molar-refractivity contribution is 8.22. The van der Waals surface area contributed by atoms with Gasteiger partial charge in [-0.15, -0.1) is 5.10 Å². The maximum absolute atomic E-state index is 12.3. The van der Waals surface area contributed by atoms with Crippen LogP contribution in [-0.4, -0.2) is 61.4 Å². The molecule has 0 unspecified atom stereocenters. The summed E-state index contributed by atoms with van der Waals surface area (Å²) < 4.78 is 8.00. The minimum absolute atomic E-state index is 0.283. The van der Waals surface area contributed by atoms with Gasteiger partial charge in [-0.1, -0.05) is 89.3 Å². The lowest BCUT2D eigenvalue weighted by atomic mass is 10.2. The average Bonchev–Trinajstić information content (AvgIpc) is 3.30. The Morgan fingerprint density at radius 3 is 2.48 bits per heavy atom. The molecule has 1 aliphatic heterocycles. The highest BCUT2D eigenvalue weighted by Gasteiger charge is 2.24. The number of ether oxygens (including phenoxy) is 1. The van der Waals surface area contributed by atoms with Crippen molar-refractivity contribution in [1.82, 2.24) is 24.8 Å². The van der Waals surface area contributed by atoms with Crippen molar-refractivity contribution in [2.24, 2.45) is 0 Å². The van der Waals surface area contributed by atoms with Crippen LogP contribution in [0, 0.1) is 0 Å². The molecule has 0 bridgehead atoms.